The van der Waals surface area contributed by atoms with Gasteiger partial charge < -0.3 is 10.6 Å². The van der Waals surface area contributed by atoms with E-state index in [-0.39, 0.29) is 24.4 Å². The van der Waals surface area contributed by atoms with Crippen LogP contribution in [0.2, 0.25) is 0 Å². The lowest BCUT2D eigenvalue weighted by Gasteiger charge is -2.24. The molecule has 3 aromatic rings. The number of hydrogen-bond acceptors (Lipinski definition) is 3. The third kappa shape index (κ3) is 6.03. The van der Waals surface area contributed by atoms with Crippen molar-refractivity contribution < 1.29 is 9.59 Å². The number of aryl methyl sites for hydroxylation is 2. The fourth-order valence-corrected chi connectivity index (χ4v) is 3.52. The molecule has 0 bridgehead atoms. The van der Waals surface area contributed by atoms with Gasteiger partial charge in [0.1, 0.15) is 0 Å². The molecule has 1 atom stereocenters. The van der Waals surface area contributed by atoms with Gasteiger partial charge >= 0.3 is 0 Å². The van der Waals surface area contributed by atoms with Crippen molar-refractivity contribution in [3.05, 3.63) is 101 Å². The molecule has 31 heavy (non-hydrogen) atoms. The van der Waals surface area contributed by atoms with Gasteiger partial charge in [0.15, 0.2) is 0 Å². The SMILES string of the molecule is Cc1cccc(C)c1NC(=O)CNC(=O)C(C)NC(c1ccccc1)c1ccccc1. The molecule has 3 aromatic carbocycles. The Hall–Kier alpha value is -3.44. The summed E-state index contributed by atoms with van der Waals surface area (Å²) in [5, 5.41) is 9.02. The molecule has 0 aliphatic heterocycles. The molecule has 160 valence electrons. The Bertz CT molecular complexity index is 960. The molecule has 0 aliphatic carbocycles. The van der Waals surface area contributed by atoms with Crippen LogP contribution in [0, 0.1) is 13.8 Å². The van der Waals surface area contributed by atoms with Crippen molar-refractivity contribution in [2.45, 2.75) is 32.9 Å². The quantitative estimate of drug-likeness (QED) is 0.518. The molecular weight excluding hydrogens is 386 g/mol. The Morgan fingerprint density at radius 3 is 1.81 bits per heavy atom. The summed E-state index contributed by atoms with van der Waals surface area (Å²) in [5.41, 5.74) is 4.91. The van der Waals surface area contributed by atoms with E-state index < -0.39 is 6.04 Å². The van der Waals surface area contributed by atoms with E-state index in [0.717, 1.165) is 27.9 Å². The zero-order valence-corrected chi connectivity index (χ0v) is 18.2. The van der Waals surface area contributed by atoms with Gasteiger partial charge in [-0.1, -0.05) is 78.9 Å². The van der Waals surface area contributed by atoms with E-state index in [1.807, 2.05) is 92.7 Å². The average molecular weight is 416 g/mol. The van der Waals surface area contributed by atoms with Crippen molar-refractivity contribution in [2.75, 3.05) is 11.9 Å². The zero-order chi connectivity index (χ0) is 22.2. The summed E-state index contributed by atoms with van der Waals surface area (Å²) in [7, 11) is 0. The zero-order valence-electron chi connectivity index (χ0n) is 18.2. The van der Waals surface area contributed by atoms with Gasteiger partial charge in [-0.25, -0.2) is 0 Å². The minimum absolute atomic E-state index is 0.0834. The van der Waals surface area contributed by atoms with Crippen LogP contribution >= 0.6 is 0 Å². The van der Waals surface area contributed by atoms with Gasteiger partial charge in [0, 0.05) is 5.69 Å². The van der Waals surface area contributed by atoms with E-state index in [0.29, 0.717) is 0 Å². The molecule has 1 unspecified atom stereocenters. The maximum atomic E-state index is 12.7. The Labute approximate surface area is 183 Å². The maximum Gasteiger partial charge on any atom is 0.243 e. The topological polar surface area (TPSA) is 70.2 Å². The Balaban J connectivity index is 1.61. The highest BCUT2D eigenvalue weighted by molar-refractivity contribution is 5.96. The van der Waals surface area contributed by atoms with Gasteiger partial charge in [-0.05, 0) is 43.0 Å². The number of hydrogen-bond donors (Lipinski definition) is 3. The summed E-state index contributed by atoms with van der Waals surface area (Å²) >= 11 is 0. The van der Waals surface area contributed by atoms with Gasteiger partial charge in [0.25, 0.3) is 0 Å². The molecule has 0 spiro atoms. The molecule has 0 aromatic heterocycles. The van der Waals surface area contributed by atoms with Crippen LogP contribution in [0.15, 0.2) is 78.9 Å². The number of nitrogens with one attached hydrogen (secondary N) is 3. The first-order valence-corrected chi connectivity index (χ1v) is 10.5. The number of carbonyl (C=O) groups excluding carboxylic acids is 2. The summed E-state index contributed by atoms with van der Waals surface area (Å²) in [6, 6.07) is 25.2. The fraction of sp³-hybridized carbons (Fsp3) is 0.231. The first-order valence-electron chi connectivity index (χ1n) is 10.5. The van der Waals surface area contributed by atoms with Gasteiger partial charge in [-0.2, -0.15) is 0 Å². The van der Waals surface area contributed by atoms with Crippen molar-refractivity contribution in [3.8, 4) is 0 Å². The molecule has 3 rings (SSSR count). The number of rotatable bonds is 8. The molecule has 5 nitrogen and oxygen atoms in total. The van der Waals surface area contributed by atoms with Crippen molar-refractivity contribution >= 4 is 17.5 Å². The van der Waals surface area contributed by atoms with Crippen molar-refractivity contribution in [2.24, 2.45) is 0 Å². The highest BCUT2D eigenvalue weighted by atomic mass is 16.2. The summed E-state index contributed by atoms with van der Waals surface area (Å²) in [6.45, 7) is 5.61. The molecule has 0 heterocycles. The van der Waals surface area contributed by atoms with Crippen molar-refractivity contribution in [3.63, 3.8) is 0 Å². The van der Waals surface area contributed by atoms with E-state index in [4.69, 9.17) is 0 Å². The second-order valence-electron chi connectivity index (χ2n) is 7.68. The van der Waals surface area contributed by atoms with E-state index in [1.165, 1.54) is 0 Å². The predicted octanol–water partition coefficient (Wildman–Crippen LogP) is 4.13. The molecule has 3 N–H and O–H groups in total. The molecule has 0 saturated heterocycles. The summed E-state index contributed by atoms with van der Waals surface area (Å²) in [5.74, 6) is -0.478. The fourth-order valence-electron chi connectivity index (χ4n) is 3.52. The monoisotopic (exact) mass is 415 g/mol. The Kier molecular flexibility index (Phi) is 7.57. The average Bonchev–Trinajstić information content (AvgIpc) is 2.79. The molecule has 0 fully saturated rings. The lowest BCUT2D eigenvalue weighted by Crippen LogP contribution is -2.46. The lowest BCUT2D eigenvalue weighted by atomic mass is 9.98. The number of para-hydroxylation sites is 1. The standard InChI is InChI=1S/C26H29N3O2/c1-18-11-10-12-19(2)24(18)29-23(30)17-27-26(31)20(3)28-25(21-13-6-4-7-14-21)22-15-8-5-9-16-22/h4-16,20,25,28H,17H2,1-3H3,(H,27,31)(H,29,30). The van der Waals surface area contributed by atoms with Crippen LogP contribution in [0.3, 0.4) is 0 Å². The van der Waals surface area contributed by atoms with Crippen LogP contribution in [-0.4, -0.2) is 24.4 Å². The Morgan fingerprint density at radius 1 is 0.774 bits per heavy atom. The van der Waals surface area contributed by atoms with Gasteiger partial charge in [0.2, 0.25) is 11.8 Å². The highest BCUT2D eigenvalue weighted by Gasteiger charge is 2.21. The van der Waals surface area contributed by atoms with Gasteiger partial charge in [-0.3, -0.25) is 14.9 Å². The first kappa shape index (κ1) is 22.2. The van der Waals surface area contributed by atoms with Crippen LogP contribution in [-0.2, 0) is 9.59 Å². The molecular formula is C26H29N3O2. The van der Waals surface area contributed by atoms with Crippen molar-refractivity contribution in [1.82, 2.24) is 10.6 Å². The van der Waals surface area contributed by atoms with E-state index in [2.05, 4.69) is 16.0 Å². The van der Waals surface area contributed by atoms with Gasteiger partial charge in [-0.15, -0.1) is 0 Å². The van der Waals surface area contributed by atoms with Crippen molar-refractivity contribution in [1.29, 1.82) is 0 Å². The smallest absolute Gasteiger partial charge is 0.243 e. The van der Waals surface area contributed by atoms with E-state index in [9.17, 15) is 9.59 Å². The summed E-state index contributed by atoms with van der Waals surface area (Å²) < 4.78 is 0. The van der Waals surface area contributed by atoms with Crippen LogP contribution in [0.25, 0.3) is 0 Å². The number of carbonyl (C=O) groups is 2. The van der Waals surface area contributed by atoms with E-state index in [1.54, 1.807) is 6.92 Å². The second-order valence-corrected chi connectivity index (χ2v) is 7.68. The molecule has 5 heteroatoms. The molecule has 0 saturated carbocycles. The van der Waals surface area contributed by atoms with E-state index >= 15 is 0 Å². The normalized spacial score (nSPS) is 11.7. The van der Waals surface area contributed by atoms with Crippen LogP contribution in [0.1, 0.15) is 35.2 Å². The molecule has 2 amide bonds. The number of benzene rings is 3. The minimum atomic E-state index is -0.488. The summed E-state index contributed by atoms with van der Waals surface area (Å²) in [4.78, 5) is 25.0. The third-order valence-electron chi connectivity index (χ3n) is 5.24. The second kappa shape index (κ2) is 10.5. The third-order valence-corrected chi connectivity index (χ3v) is 5.24. The van der Waals surface area contributed by atoms with Crippen LogP contribution in [0.5, 0.6) is 0 Å². The number of amides is 2. The van der Waals surface area contributed by atoms with Crippen LogP contribution in [0.4, 0.5) is 5.69 Å². The number of anilines is 1. The largest absolute Gasteiger partial charge is 0.346 e. The predicted molar refractivity (Wildman–Crippen MR) is 125 cm³/mol. The van der Waals surface area contributed by atoms with Gasteiger partial charge in [0.05, 0.1) is 18.6 Å². The maximum absolute atomic E-state index is 12.7. The lowest BCUT2D eigenvalue weighted by molar-refractivity contribution is -0.125. The van der Waals surface area contributed by atoms with Crippen LogP contribution < -0.4 is 16.0 Å². The molecule has 0 aliphatic rings. The Morgan fingerprint density at radius 2 is 1.29 bits per heavy atom. The highest BCUT2D eigenvalue weighted by Crippen LogP contribution is 2.22. The molecule has 0 radical (unpaired) electrons. The first-order chi connectivity index (χ1) is 15.0. The summed E-state index contributed by atoms with van der Waals surface area (Å²) in [6.07, 6.45) is 0. The minimum Gasteiger partial charge on any atom is -0.346 e.